The van der Waals surface area contributed by atoms with Gasteiger partial charge in [0.2, 0.25) is 0 Å². The predicted octanol–water partition coefficient (Wildman–Crippen LogP) is 2.32. The smallest absolute Gasteiger partial charge is 0.149 e. The quantitative estimate of drug-likeness (QED) is 0.374. The third-order valence-corrected chi connectivity index (χ3v) is 5.94. The van der Waals surface area contributed by atoms with E-state index in [1.807, 2.05) is 13.8 Å². The highest BCUT2D eigenvalue weighted by Crippen LogP contribution is 2.22. The van der Waals surface area contributed by atoms with E-state index in [0.717, 1.165) is 32.1 Å². The minimum Gasteiger partial charge on any atom is -0.301 e. The molecule has 0 bridgehead atoms. The summed E-state index contributed by atoms with van der Waals surface area (Å²) in [5.74, 6) is 1.42. The van der Waals surface area contributed by atoms with Crippen molar-refractivity contribution in [1.82, 2.24) is 14.7 Å². The van der Waals surface area contributed by atoms with Gasteiger partial charge in [0.15, 0.2) is 0 Å². The Hall–Kier alpha value is 0.280. The molecule has 0 aromatic carbocycles. The summed E-state index contributed by atoms with van der Waals surface area (Å²) in [4.78, 5) is 19.4. The number of halogens is 1. The van der Waals surface area contributed by atoms with E-state index in [2.05, 4.69) is 44.2 Å². The monoisotopic (exact) mass is 421 g/mol. The van der Waals surface area contributed by atoms with Crippen LogP contribution in [0.1, 0.15) is 33.6 Å². The maximum atomic E-state index is 11.8. The highest BCUT2D eigenvalue weighted by molar-refractivity contribution is 14.1. The van der Waals surface area contributed by atoms with E-state index < -0.39 is 0 Å². The Balaban J connectivity index is 1.65. The van der Waals surface area contributed by atoms with Gasteiger partial charge in [-0.25, -0.2) is 0 Å². The number of carbonyl (C=O) groups is 1. The average Bonchev–Trinajstić information content (AvgIpc) is 2.49. The summed E-state index contributed by atoms with van der Waals surface area (Å²) in [6.45, 7) is 15.1. The van der Waals surface area contributed by atoms with Gasteiger partial charge in [-0.15, -0.1) is 0 Å². The lowest BCUT2D eigenvalue weighted by Gasteiger charge is -2.39. The summed E-state index contributed by atoms with van der Waals surface area (Å²) < 4.78 is 0.667. The van der Waals surface area contributed by atoms with Crippen molar-refractivity contribution in [2.75, 3.05) is 52.4 Å². The van der Waals surface area contributed by atoms with E-state index in [1.165, 1.54) is 32.5 Å². The van der Waals surface area contributed by atoms with Gasteiger partial charge < -0.3 is 4.90 Å². The van der Waals surface area contributed by atoms with Gasteiger partial charge in [0.05, 0.1) is 10.6 Å². The van der Waals surface area contributed by atoms with E-state index in [4.69, 9.17) is 0 Å². The molecule has 2 aliphatic heterocycles. The molecule has 2 aliphatic rings. The first-order chi connectivity index (χ1) is 10.5. The Morgan fingerprint density at radius 1 is 1.00 bits per heavy atom. The summed E-state index contributed by atoms with van der Waals surface area (Å²) in [6, 6.07) is 0. The molecule has 4 nitrogen and oxygen atoms in total. The minimum atomic E-state index is 0.170. The molecule has 2 saturated heterocycles. The Labute approximate surface area is 149 Å². The fourth-order valence-corrected chi connectivity index (χ4v) is 3.95. The van der Waals surface area contributed by atoms with Crippen LogP contribution in [0.25, 0.3) is 0 Å². The number of nitrogens with zero attached hydrogens (tertiary/aromatic N) is 3. The second-order valence-corrected chi connectivity index (χ2v) is 9.05. The molecule has 0 aromatic heterocycles. The lowest BCUT2D eigenvalue weighted by atomic mass is 9.96. The normalized spacial score (nSPS) is 24.8. The molecule has 0 amide bonds. The largest absolute Gasteiger partial charge is 0.301 e. The Morgan fingerprint density at radius 3 is 2.05 bits per heavy atom. The molecular formula is C17H32IN3O. The zero-order chi connectivity index (χ0) is 16.1. The first-order valence-electron chi connectivity index (χ1n) is 8.81. The predicted molar refractivity (Wildman–Crippen MR) is 101 cm³/mol. The second kappa shape index (κ2) is 8.94. The molecule has 0 radical (unpaired) electrons. The average molecular weight is 421 g/mol. The first-order valence-corrected chi connectivity index (χ1v) is 10.1. The van der Waals surface area contributed by atoms with Crippen LogP contribution < -0.4 is 0 Å². The summed E-state index contributed by atoms with van der Waals surface area (Å²) >= 11 is 2.52. The molecule has 1 atom stereocenters. The summed E-state index contributed by atoms with van der Waals surface area (Å²) in [6.07, 6.45) is 2.69. The van der Waals surface area contributed by atoms with Crippen LogP contribution in [0.15, 0.2) is 0 Å². The summed E-state index contributed by atoms with van der Waals surface area (Å²) in [5.41, 5.74) is 0. The third kappa shape index (κ3) is 5.73. The molecule has 2 heterocycles. The number of piperazine rings is 1. The van der Waals surface area contributed by atoms with Gasteiger partial charge >= 0.3 is 0 Å². The van der Waals surface area contributed by atoms with Gasteiger partial charge in [-0.1, -0.05) is 36.4 Å². The van der Waals surface area contributed by atoms with Crippen LogP contribution in [0.4, 0.5) is 0 Å². The lowest BCUT2D eigenvalue weighted by molar-refractivity contribution is -0.123. The van der Waals surface area contributed by atoms with Gasteiger partial charge in [0.25, 0.3) is 0 Å². The number of alkyl halides is 1. The molecule has 2 fully saturated rings. The van der Waals surface area contributed by atoms with Gasteiger partial charge in [-0.3, -0.25) is 14.6 Å². The molecule has 0 N–H and O–H groups in total. The molecule has 2 rings (SSSR count). The van der Waals surface area contributed by atoms with Gasteiger partial charge in [0, 0.05) is 38.6 Å². The molecule has 1 unspecified atom stereocenters. The minimum absolute atomic E-state index is 0.170. The number of Topliss-reactive ketones (excluding diaryl/α,β-unsaturated/α-hetero) is 1. The van der Waals surface area contributed by atoms with E-state index in [1.54, 1.807) is 0 Å². The van der Waals surface area contributed by atoms with Crippen molar-refractivity contribution in [2.45, 2.75) is 37.7 Å². The number of piperidine rings is 1. The number of hydrogen-bond acceptors (Lipinski definition) is 4. The van der Waals surface area contributed by atoms with E-state index in [0.29, 0.717) is 16.4 Å². The van der Waals surface area contributed by atoms with Crippen LogP contribution in [0.5, 0.6) is 0 Å². The summed E-state index contributed by atoms with van der Waals surface area (Å²) in [7, 11) is 0. The van der Waals surface area contributed by atoms with Crippen molar-refractivity contribution in [2.24, 2.45) is 11.8 Å². The molecule has 5 heteroatoms. The SMILES string of the molecule is CC(C)C(=O)CN1CCN(CC2CCN(C(C)I)CC2)CC1. The van der Waals surface area contributed by atoms with Crippen molar-refractivity contribution < 1.29 is 4.79 Å². The van der Waals surface area contributed by atoms with Gasteiger partial charge in [0.1, 0.15) is 5.78 Å². The van der Waals surface area contributed by atoms with Crippen molar-refractivity contribution >= 4 is 28.4 Å². The molecule has 128 valence electrons. The van der Waals surface area contributed by atoms with Crippen molar-refractivity contribution in [1.29, 1.82) is 0 Å². The number of likely N-dealkylation sites (tertiary alicyclic amines) is 1. The van der Waals surface area contributed by atoms with E-state index in [-0.39, 0.29) is 5.92 Å². The van der Waals surface area contributed by atoms with E-state index in [9.17, 15) is 4.79 Å². The van der Waals surface area contributed by atoms with Crippen LogP contribution >= 0.6 is 22.6 Å². The van der Waals surface area contributed by atoms with Gasteiger partial charge in [-0.05, 0) is 38.8 Å². The van der Waals surface area contributed by atoms with Crippen LogP contribution in [-0.2, 0) is 4.79 Å². The maximum Gasteiger partial charge on any atom is 0.149 e. The Morgan fingerprint density at radius 2 is 1.55 bits per heavy atom. The van der Waals surface area contributed by atoms with Gasteiger partial charge in [-0.2, -0.15) is 0 Å². The fraction of sp³-hybridized carbons (Fsp3) is 0.941. The molecule has 0 spiro atoms. The zero-order valence-corrected chi connectivity index (χ0v) is 16.6. The standard InChI is InChI=1S/C17H32IN3O/c1-14(2)17(22)13-20-10-8-19(9-11-20)12-16-4-6-21(7-5-16)15(3)18/h14-16H,4-13H2,1-3H3. The maximum absolute atomic E-state index is 11.8. The molecule has 0 saturated carbocycles. The van der Waals surface area contributed by atoms with Crippen LogP contribution in [0.3, 0.4) is 0 Å². The van der Waals surface area contributed by atoms with Crippen molar-refractivity contribution in [3.8, 4) is 0 Å². The number of rotatable bonds is 6. The molecular weight excluding hydrogens is 389 g/mol. The fourth-order valence-electron chi connectivity index (χ4n) is 3.39. The highest BCUT2D eigenvalue weighted by atomic mass is 127. The zero-order valence-electron chi connectivity index (χ0n) is 14.4. The van der Waals surface area contributed by atoms with Crippen LogP contribution in [-0.4, -0.2) is 76.9 Å². The Bertz CT molecular complexity index is 346. The number of hydrogen-bond donors (Lipinski definition) is 0. The highest BCUT2D eigenvalue weighted by Gasteiger charge is 2.25. The second-order valence-electron chi connectivity index (χ2n) is 7.25. The Kier molecular flexibility index (Phi) is 7.57. The number of ketones is 1. The van der Waals surface area contributed by atoms with Crippen molar-refractivity contribution in [3.05, 3.63) is 0 Å². The topological polar surface area (TPSA) is 26.8 Å². The molecule has 0 aliphatic carbocycles. The number of carbonyl (C=O) groups excluding carboxylic acids is 1. The van der Waals surface area contributed by atoms with Crippen LogP contribution in [0, 0.1) is 11.8 Å². The lowest BCUT2D eigenvalue weighted by Crippen LogP contribution is -2.50. The van der Waals surface area contributed by atoms with Crippen LogP contribution in [0.2, 0.25) is 0 Å². The van der Waals surface area contributed by atoms with E-state index >= 15 is 0 Å². The molecule has 0 aromatic rings. The third-order valence-electron chi connectivity index (χ3n) is 5.16. The molecule has 22 heavy (non-hydrogen) atoms. The first kappa shape index (κ1) is 18.6. The summed E-state index contributed by atoms with van der Waals surface area (Å²) in [5, 5.41) is 0. The van der Waals surface area contributed by atoms with Crippen molar-refractivity contribution in [3.63, 3.8) is 0 Å².